The Bertz CT molecular complexity index is 1310. The lowest BCUT2D eigenvalue weighted by Crippen LogP contribution is -2.66. The van der Waals surface area contributed by atoms with Gasteiger partial charge in [0, 0.05) is 36.6 Å². The summed E-state index contributed by atoms with van der Waals surface area (Å²) in [4.78, 5) is 44.7. The molecular formula is C27H28F3N3O5. The van der Waals surface area contributed by atoms with Gasteiger partial charge in [-0.05, 0) is 48.1 Å². The maximum atomic E-state index is 14.9. The molecule has 0 saturated carbocycles. The predicted octanol–water partition coefficient (Wildman–Crippen LogP) is 3.86. The maximum absolute atomic E-state index is 14.9. The molecule has 0 bridgehead atoms. The molecule has 0 saturated heterocycles. The standard InChI is InChI=1S/C27H28F3N3O5/c1-25(2)14-18-22(19(34)15-25)26(27(28,29)30,32-23(35)17-7-10-31-11-8-17)24(36)33(18)12-9-16-5-6-20(37-3)21(13-16)38-4/h5-8,10-11,13H,9,12,14-15H2,1-4H3,(H,32,35)/t26-/m1/s1. The Kier molecular flexibility index (Phi) is 6.98. The minimum atomic E-state index is -5.28. The van der Waals surface area contributed by atoms with Gasteiger partial charge < -0.3 is 19.7 Å². The van der Waals surface area contributed by atoms with Crippen LogP contribution >= 0.6 is 0 Å². The molecule has 1 N–H and O–H groups in total. The molecule has 2 aliphatic rings. The van der Waals surface area contributed by atoms with Crippen molar-refractivity contribution in [1.29, 1.82) is 0 Å². The number of nitrogens with zero attached hydrogens (tertiary/aromatic N) is 2. The van der Waals surface area contributed by atoms with Crippen LogP contribution in [0.4, 0.5) is 13.2 Å². The molecule has 11 heteroatoms. The molecule has 0 radical (unpaired) electrons. The third-order valence-corrected chi connectivity index (χ3v) is 6.86. The van der Waals surface area contributed by atoms with Gasteiger partial charge in [0.25, 0.3) is 11.8 Å². The van der Waals surface area contributed by atoms with Crippen molar-refractivity contribution in [3.05, 3.63) is 65.1 Å². The number of allylic oxidation sites excluding steroid dienone is 1. The molecule has 1 aromatic heterocycles. The summed E-state index contributed by atoms with van der Waals surface area (Å²) >= 11 is 0. The number of nitrogens with one attached hydrogen (secondary N) is 1. The maximum Gasteiger partial charge on any atom is 0.425 e. The molecule has 1 atom stereocenters. The van der Waals surface area contributed by atoms with Gasteiger partial charge in [-0.25, -0.2) is 0 Å². The van der Waals surface area contributed by atoms with E-state index in [1.165, 1.54) is 38.7 Å². The van der Waals surface area contributed by atoms with Crippen LogP contribution < -0.4 is 14.8 Å². The third-order valence-electron chi connectivity index (χ3n) is 6.86. The van der Waals surface area contributed by atoms with Crippen LogP contribution in [-0.4, -0.2) is 60.0 Å². The fourth-order valence-electron chi connectivity index (χ4n) is 5.09. The van der Waals surface area contributed by atoms with E-state index in [0.29, 0.717) is 17.1 Å². The normalized spacial score (nSPS) is 20.9. The highest BCUT2D eigenvalue weighted by molar-refractivity contribution is 6.14. The second-order valence-electron chi connectivity index (χ2n) is 10.1. The van der Waals surface area contributed by atoms with Crippen molar-refractivity contribution in [3.63, 3.8) is 0 Å². The van der Waals surface area contributed by atoms with Crippen LogP contribution in [0.1, 0.15) is 42.6 Å². The zero-order valence-corrected chi connectivity index (χ0v) is 21.4. The monoisotopic (exact) mass is 531 g/mol. The molecule has 0 fully saturated rings. The topological polar surface area (TPSA) is 97.8 Å². The molecule has 8 nitrogen and oxygen atoms in total. The molecule has 1 aromatic carbocycles. The van der Waals surface area contributed by atoms with Gasteiger partial charge in [0.2, 0.25) is 5.54 Å². The molecule has 2 amide bonds. The van der Waals surface area contributed by atoms with Crippen molar-refractivity contribution in [2.45, 2.75) is 44.8 Å². The van der Waals surface area contributed by atoms with E-state index in [9.17, 15) is 27.6 Å². The zero-order chi connectivity index (χ0) is 27.9. The average molecular weight is 532 g/mol. The van der Waals surface area contributed by atoms with E-state index in [0.717, 1.165) is 4.90 Å². The fraction of sp³-hybridized carbons (Fsp3) is 0.407. The van der Waals surface area contributed by atoms with Crippen molar-refractivity contribution < 1.29 is 37.0 Å². The van der Waals surface area contributed by atoms with Crippen LogP contribution in [-0.2, 0) is 16.0 Å². The van der Waals surface area contributed by atoms with Crippen molar-refractivity contribution in [1.82, 2.24) is 15.2 Å². The first kappa shape index (κ1) is 27.2. The first-order valence-electron chi connectivity index (χ1n) is 11.9. The van der Waals surface area contributed by atoms with Crippen LogP contribution in [0.2, 0.25) is 0 Å². The van der Waals surface area contributed by atoms with E-state index in [2.05, 4.69) is 4.98 Å². The predicted molar refractivity (Wildman–Crippen MR) is 131 cm³/mol. The number of pyridine rings is 1. The summed E-state index contributed by atoms with van der Waals surface area (Å²) in [5.74, 6) is -2.44. The molecule has 2 aromatic rings. The zero-order valence-electron chi connectivity index (χ0n) is 21.4. The lowest BCUT2D eigenvalue weighted by atomic mass is 9.72. The number of rotatable bonds is 7. The minimum absolute atomic E-state index is 0.0101. The number of amides is 2. The highest BCUT2D eigenvalue weighted by Crippen LogP contribution is 2.51. The number of methoxy groups -OCH3 is 2. The molecule has 1 aliphatic carbocycles. The number of carbonyl (C=O) groups is 3. The van der Waals surface area contributed by atoms with Gasteiger partial charge in [-0.15, -0.1) is 0 Å². The summed E-state index contributed by atoms with van der Waals surface area (Å²) < 4.78 is 55.2. The number of aromatic nitrogens is 1. The van der Waals surface area contributed by atoms with Gasteiger partial charge in [0.05, 0.1) is 19.8 Å². The molecule has 38 heavy (non-hydrogen) atoms. The van der Waals surface area contributed by atoms with E-state index in [1.807, 2.05) is 5.32 Å². The third kappa shape index (κ3) is 4.61. The lowest BCUT2D eigenvalue weighted by Gasteiger charge is -2.35. The van der Waals surface area contributed by atoms with E-state index >= 15 is 0 Å². The van der Waals surface area contributed by atoms with Gasteiger partial charge >= 0.3 is 6.18 Å². The Labute approximate surface area is 217 Å². The van der Waals surface area contributed by atoms with Crippen LogP contribution in [0, 0.1) is 5.41 Å². The second-order valence-corrected chi connectivity index (χ2v) is 10.1. The van der Waals surface area contributed by atoms with Gasteiger partial charge in [-0.2, -0.15) is 13.2 Å². The first-order chi connectivity index (χ1) is 17.8. The van der Waals surface area contributed by atoms with E-state index < -0.39 is 40.3 Å². The number of Topliss-reactive ketones (excluding diaryl/α,β-unsaturated/α-hetero) is 1. The Morgan fingerprint density at radius 2 is 1.71 bits per heavy atom. The van der Waals surface area contributed by atoms with E-state index in [-0.39, 0.29) is 37.1 Å². The Morgan fingerprint density at radius 1 is 1.05 bits per heavy atom. The number of ether oxygens (including phenoxy) is 2. The molecule has 4 rings (SSSR count). The fourth-order valence-corrected chi connectivity index (χ4v) is 5.09. The van der Waals surface area contributed by atoms with Gasteiger partial charge in [0.1, 0.15) is 0 Å². The van der Waals surface area contributed by atoms with Gasteiger partial charge in [-0.1, -0.05) is 19.9 Å². The summed E-state index contributed by atoms with van der Waals surface area (Å²) in [5, 5.41) is 1.92. The quantitative estimate of drug-likeness (QED) is 0.583. The Morgan fingerprint density at radius 3 is 2.32 bits per heavy atom. The number of hydrogen-bond donors (Lipinski definition) is 1. The van der Waals surface area contributed by atoms with Crippen molar-refractivity contribution >= 4 is 17.6 Å². The van der Waals surface area contributed by atoms with E-state index in [1.54, 1.807) is 32.0 Å². The van der Waals surface area contributed by atoms with Crippen LogP contribution in [0.3, 0.4) is 0 Å². The van der Waals surface area contributed by atoms with Gasteiger partial charge in [0.15, 0.2) is 17.3 Å². The number of halogens is 3. The largest absolute Gasteiger partial charge is 0.493 e. The number of hydrogen-bond acceptors (Lipinski definition) is 6. The molecule has 202 valence electrons. The Balaban J connectivity index is 1.77. The number of carbonyl (C=O) groups excluding carboxylic acids is 3. The second kappa shape index (κ2) is 9.77. The SMILES string of the molecule is COc1ccc(CCN2C(=O)[C@@](NC(=O)c3ccncc3)(C(F)(F)F)C3=C2CC(C)(C)CC3=O)cc1OC. The van der Waals surface area contributed by atoms with Gasteiger partial charge in [-0.3, -0.25) is 19.4 Å². The van der Waals surface area contributed by atoms with Crippen molar-refractivity contribution in [2.75, 3.05) is 20.8 Å². The summed E-state index contributed by atoms with van der Waals surface area (Å²) in [7, 11) is 2.94. The molecule has 1 aliphatic heterocycles. The van der Waals surface area contributed by atoms with Crippen LogP contribution in [0.25, 0.3) is 0 Å². The van der Waals surface area contributed by atoms with Crippen molar-refractivity contribution in [3.8, 4) is 11.5 Å². The van der Waals surface area contributed by atoms with Crippen molar-refractivity contribution in [2.24, 2.45) is 5.41 Å². The molecule has 0 unspecified atom stereocenters. The summed E-state index contributed by atoms with van der Waals surface area (Å²) in [6, 6.07) is 7.51. The average Bonchev–Trinajstić information content (AvgIpc) is 3.09. The van der Waals surface area contributed by atoms with Crippen LogP contribution in [0.15, 0.2) is 54.0 Å². The molecule has 2 heterocycles. The smallest absolute Gasteiger partial charge is 0.425 e. The summed E-state index contributed by atoms with van der Waals surface area (Å²) in [6.07, 6.45) is -2.73. The number of ketones is 1. The number of alkyl halides is 3. The highest BCUT2D eigenvalue weighted by atomic mass is 19.4. The highest BCUT2D eigenvalue weighted by Gasteiger charge is 2.71. The van der Waals surface area contributed by atoms with E-state index in [4.69, 9.17) is 9.47 Å². The molecular weight excluding hydrogens is 503 g/mol. The minimum Gasteiger partial charge on any atom is -0.493 e. The first-order valence-corrected chi connectivity index (χ1v) is 11.9. The lowest BCUT2D eigenvalue weighted by molar-refractivity contribution is -0.190. The molecule has 0 spiro atoms. The summed E-state index contributed by atoms with van der Waals surface area (Å²) in [5.41, 5.74) is -4.31. The van der Waals surface area contributed by atoms with Crippen LogP contribution in [0.5, 0.6) is 11.5 Å². The summed E-state index contributed by atoms with van der Waals surface area (Å²) in [6.45, 7) is 3.38. The number of benzene rings is 1. The Hall–Kier alpha value is -3.89.